The van der Waals surface area contributed by atoms with Crippen molar-refractivity contribution in [2.24, 2.45) is 0 Å². The number of nitriles is 1. The molecule has 0 spiro atoms. The van der Waals surface area contributed by atoms with E-state index in [9.17, 15) is 5.26 Å². The van der Waals surface area contributed by atoms with Crippen LogP contribution in [0.3, 0.4) is 0 Å². The number of hydrogen-bond acceptors (Lipinski definition) is 6. The predicted octanol–water partition coefficient (Wildman–Crippen LogP) is 4.32. The average molecular weight is 376 g/mol. The van der Waals surface area contributed by atoms with Crippen molar-refractivity contribution in [1.82, 2.24) is 4.98 Å². The van der Waals surface area contributed by atoms with Gasteiger partial charge in [-0.1, -0.05) is 0 Å². The van der Waals surface area contributed by atoms with E-state index in [0.29, 0.717) is 28.3 Å². The quantitative estimate of drug-likeness (QED) is 0.638. The molecule has 0 N–H and O–H groups in total. The first-order chi connectivity index (χ1) is 13.6. The van der Waals surface area contributed by atoms with E-state index < -0.39 is 0 Å². The molecule has 6 nitrogen and oxygen atoms in total. The van der Waals surface area contributed by atoms with Gasteiger partial charge in [-0.3, -0.25) is 0 Å². The Kier molecular flexibility index (Phi) is 5.66. The number of aromatic nitrogens is 1. The van der Waals surface area contributed by atoms with Gasteiger partial charge in [0.2, 0.25) is 5.88 Å². The maximum Gasteiger partial charge on any atom is 0.232 e. The van der Waals surface area contributed by atoms with Crippen LogP contribution in [-0.2, 0) is 0 Å². The van der Waals surface area contributed by atoms with Gasteiger partial charge in [0.1, 0.15) is 28.9 Å². The van der Waals surface area contributed by atoms with Gasteiger partial charge in [-0.2, -0.15) is 5.26 Å². The van der Waals surface area contributed by atoms with Gasteiger partial charge in [-0.25, -0.2) is 4.98 Å². The maximum atomic E-state index is 9.73. The van der Waals surface area contributed by atoms with Crippen molar-refractivity contribution in [3.05, 3.63) is 54.1 Å². The summed E-state index contributed by atoms with van der Waals surface area (Å²) in [4.78, 5) is 4.51. The lowest BCUT2D eigenvalue weighted by Gasteiger charge is -2.15. The molecule has 0 atom stereocenters. The number of pyridine rings is 1. The van der Waals surface area contributed by atoms with Crippen LogP contribution in [0.5, 0.6) is 23.1 Å². The molecule has 0 bridgehead atoms. The first kappa shape index (κ1) is 19.1. The Morgan fingerprint density at radius 2 is 1.43 bits per heavy atom. The van der Waals surface area contributed by atoms with Crippen molar-refractivity contribution in [2.75, 3.05) is 28.4 Å². The fourth-order valence-electron chi connectivity index (χ4n) is 2.92. The Balaban J connectivity index is 2.23. The molecular formula is C22H20N2O4. The molecule has 0 saturated heterocycles. The van der Waals surface area contributed by atoms with Crippen LogP contribution in [0.1, 0.15) is 5.56 Å². The molecule has 0 unspecified atom stereocenters. The van der Waals surface area contributed by atoms with Gasteiger partial charge < -0.3 is 18.9 Å². The third kappa shape index (κ3) is 3.55. The molecule has 1 aromatic heterocycles. The number of ether oxygens (including phenoxy) is 4. The molecule has 0 aliphatic carbocycles. The lowest BCUT2D eigenvalue weighted by molar-refractivity contribution is 0.394. The number of methoxy groups -OCH3 is 4. The summed E-state index contributed by atoms with van der Waals surface area (Å²) in [6.07, 6.45) is 0. The zero-order valence-corrected chi connectivity index (χ0v) is 16.1. The molecule has 28 heavy (non-hydrogen) atoms. The normalized spacial score (nSPS) is 10.1. The number of benzene rings is 2. The highest BCUT2D eigenvalue weighted by molar-refractivity contribution is 5.81. The van der Waals surface area contributed by atoms with E-state index in [4.69, 9.17) is 18.9 Å². The first-order valence-electron chi connectivity index (χ1n) is 8.51. The van der Waals surface area contributed by atoms with Gasteiger partial charge in [0.25, 0.3) is 0 Å². The van der Waals surface area contributed by atoms with Crippen LogP contribution in [0.15, 0.2) is 48.5 Å². The summed E-state index contributed by atoms with van der Waals surface area (Å²) in [5.74, 6) is 2.25. The monoisotopic (exact) mass is 376 g/mol. The molecule has 0 aliphatic rings. The maximum absolute atomic E-state index is 9.73. The second-order valence-electron chi connectivity index (χ2n) is 5.85. The molecule has 2 aromatic carbocycles. The van der Waals surface area contributed by atoms with Crippen LogP contribution in [0.2, 0.25) is 0 Å². The molecule has 0 amide bonds. The van der Waals surface area contributed by atoms with Crippen LogP contribution in [0.4, 0.5) is 0 Å². The summed E-state index contributed by atoms with van der Waals surface area (Å²) in [6.45, 7) is 0. The molecule has 1 heterocycles. The summed E-state index contributed by atoms with van der Waals surface area (Å²) in [5.41, 5.74) is 3.29. The number of rotatable bonds is 6. The minimum Gasteiger partial charge on any atom is -0.497 e. The third-order valence-corrected chi connectivity index (χ3v) is 4.38. The van der Waals surface area contributed by atoms with Crippen molar-refractivity contribution in [3.8, 4) is 51.6 Å². The second kappa shape index (κ2) is 8.31. The van der Waals surface area contributed by atoms with Gasteiger partial charge in [0.05, 0.1) is 34.1 Å². The molecule has 3 aromatic rings. The van der Waals surface area contributed by atoms with E-state index in [1.807, 2.05) is 42.5 Å². The van der Waals surface area contributed by atoms with Crippen molar-refractivity contribution in [3.63, 3.8) is 0 Å². The lowest BCUT2D eigenvalue weighted by atomic mass is 9.97. The Hall–Kier alpha value is -3.72. The molecular weight excluding hydrogens is 356 g/mol. The van der Waals surface area contributed by atoms with Crippen molar-refractivity contribution in [1.29, 1.82) is 5.26 Å². The van der Waals surface area contributed by atoms with Crippen LogP contribution < -0.4 is 18.9 Å². The van der Waals surface area contributed by atoms with Crippen LogP contribution in [0.25, 0.3) is 22.4 Å². The molecule has 0 aliphatic heterocycles. The van der Waals surface area contributed by atoms with Gasteiger partial charge in [0.15, 0.2) is 0 Å². The van der Waals surface area contributed by atoms with E-state index in [-0.39, 0.29) is 5.88 Å². The van der Waals surface area contributed by atoms with Crippen LogP contribution in [0, 0.1) is 11.3 Å². The van der Waals surface area contributed by atoms with E-state index in [1.165, 1.54) is 7.11 Å². The summed E-state index contributed by atoms with van der Waals surface area (Å²) in [7, 11) is 6.28. The smallest absolute Gasteiger partial charge is 0.232 e. The van der Waals surface area contributed by atoms with E-state index >= 15 is 0 Å². The van der Waals surface area contributed by atoms with E-state index in [1.54, 1.807) is 27.4 Å². The van der Waals surface area contributed by atoms with E-state index in [2.05, 4.69) is 11.1 Å². The lowest BCUT2D eigenvalue weighted by Crippen LogP contribution is -1.99. The summed E-state index contributed by atoms with van der Waals surface area (Å²) < 4.78 is 21.4. The van der Waals surface area contributed by atoms with Gasteiger partial charge in [0, 0.05) is 22.8 Å². The first-order valence-corrected chi connectivity index (χ1v) is 8.51. The Morgan fingerprint density at radius 1 is 0.750 bits per heavy atom. The molecule has 0 radical (unpaired) electrons. The van der Waals surface area contributed by atoms with Gasteiger partial charge >= 0.3 is 0 Å². The second-order valence-corrected chi connectivity index (χ2v) is 5.85. The number of nitrogens with zero attached hydrogens (tertiary/aromatic N) is 2. The Bertz CT molecular complexity index is 1020. The average Bonchev–Trinajstić information content (AvgIpc) is 2.77. The largest absolute Gasteiger partial charge is 0.497 e. The fourth-order valence-corrected chi connectivity index (χ4v) is 2.92. The number of hydrogen-bond donors (Lipinski definition) is 0. The summed E-state index contributed by atoms with van der Waals surface area (Å²) in [5, 5.41) is 9.73. The van der Waals surface area contributed by atoms with E-state index in [0.717, 1.165) is 16.9 Å². The minimum absolute atomic E-state index is 0.253. The highest BCUT2D eigenvalue weighted by Gasteiger charge is 2.19. The van der Waals surface area contributed by atoms with Crippen molar-refractivity contribution < 1.29 is 18.9 Å². The van der Waals surface area contributed by atoms with Crippen LogP contribution in [-0.4, -0.2) is 33.4 Å². The zero-order valence-electron chi connectivity index (χ0n) is 16.1. The standard InChI is InChI=1S/C22H20N2O4/c1-25-15-7-5-14(6-8-15)20-12-18(19(13-23)22(24-20)28-4)17-10-9-16(26-2)11-21(17)27-3/h5-12H,1-4H3. The summed E-state index contributed by atoms with van der Waals surface area (Å²) in [6, 6.07) is 17.0. The summed E-state index contributed by atoms with van der Waals surface area (Å²) >= 11 is 0. The third-order valence-electron chi connectivity index (χ3n) is 4.38. The Labute approximate surface area is 163 Å². The van der Waals surface area contributed by atoms with Gasteiger partial charge in [-0.15, -0.1) is 0 Å². The molecule has 0 saturated carbocycles. The molecule has 6 heteroatoms. The highest BCUT2D eigenvalue weighted by atomic mass is 16.5. The molecule has 142 valence electrons. The molecule has 0 fully saturated rings. The predicted molar refractivity (Wildman–Crippen MR) is 106 cm³/mol. The fraction of sp³-hybridized carbons (Fsp3) is 0.182. The zero-order chi connectivity index (χ0) is 20.1. The van der Waals surface area contributed by atoms with Crippen molar-refractivity contribution >= 4 is 0 Å². The minimum atomic E-state index is 0.253. The SMILES string of the molecule is COc1ccc(-c2cc(-c3ccc(OC)cc3OC)c(C#N)c(OC)n2)cc1. The molecule has 3 rings (SSSR count). The van der Waals surface area contributed by atoms with Crippen LogP contribution >= 0.6 is 0 Å². The Morgan fingerprint density at radius 3 is 2.00 bits per heavy atom. The topological polar surface area (TPSA) is 73.6 Å². The van der Waals surface area contributed by atoms with Gasteiger partial charge in [-0.05, 0) is 42.5 Å². The van der Waals surface area contributed by atoms with Crippen molar-refractivity contribution in [2.45, 2.75) is 0 Å². The highest BCUT2D eigenvalue weighted by Crippen LogP contribution is 2.39.